The van der Waals surface area contributed by atoms with Crippen molar-refractivity contribution in [3.8, 4) is 0 Å². The largest absolute Gasteiger partial charge is 0.480 e. The van der Waals surface area contributed by atoms with Crippen LogP contribution >= 0.6 is 0 Å². The van der Waals surface area contributed by atoms with E-state index in [1.54, 1.807) is 13.8 Å². The van der Waals surface area contributed by atoms with Gasteiger partial charge in [0.25, 0.3) is 0 Å². The first-order valence-corrected chi connectivity index (χ1v) is 9.48. The molecule has 0 aromatic carbocycles. The van der Waals surface area contributed by atoms with Crippen LogP contribution in [0.3, 0.4) is 0 Å². The number of imidazole rings is 1. The van der Waals surface area contributed by atoms with E-state index in [1.807, 2.05) is 0 Å². The van der Waals surface area contributed by atoms with Crippen molar-refractivity contribution in [3.05, 3.63) is 18.2 Å². The zero-order valence-corrected chi connectivity index (χ0v) is 17.4. The maximum absolute atomic E-state index is 12.8. The molecule has 5 atom stereocenters. The number of amides is 3. The Balaban J connectivity index is 2.98. The number of carboxylic acids is 1. The maximum atomic E-state index is 12.8. The Morgan fingerprint density at radius 3 is 2.07 bits per heavy atom. The summed E-state index contributed by atoms with van der Waals surface area (Å²) in [5, 5.41) is 26.4. The van der Waals surface area contributed by atoms with E-state index in [0.29, 0.717) is 5.69 Å². The first-order chi connectivity index (χ1) is 13.9. The number of aromatic amines is 1. The first kappa shape index (κ1) is 25.0. The van der Waals surface area contributed by atoms with Crippen LogP contribution in [-0.2, 0) is 25.6 Å². The third kappa shape index (κ3) is 7.44. The van der Waals surface area contributed by atoms with Crippen molar-refractivity contribution in [1.82, 2.24) is 25.9 Å². The van der Waals surface area contributed by atoms with Gasteiger partial charge in [0.2, 0.25) is 17.7 Å². The van der Waals surface area contributed by atoms with Crippen molar-refractivity contribution in [3.63, 3.8) is 0 Å². The average molecular weight is 426 g/mol. The standard InChI is InChI=1S/C18H30N6O6/c1-8(2)13(18(29)30)23-17(28)14(10(4)25)24-16(27)12(22-15(26)9(3)19)5-11-6-20-7-21-11/h6-10,12-14,25H,5,19H2,1-4H3,(H,20,21)(H,22,26)(H,23,28)(H,24,27)(H,29,30). The van der Waals surface area contributed by atoms with Crippen LogP contribution in [0.25, 0.3) is 0 Å². The minimum absolute atomic E-state index is 0.0299. The van der Waals surface area contributed by atoms with Crippen LogP contribution in [0.1, 0.15) is 33.4 Å². The summed E-state index contributed by atoms with van der Waals surface area (Å²) in [6.07, 6.45) is 1.58. The number of nitrogens with two attached hydrogens (primary N) is 1. The van der Waals surface area contributed by atoms with Crippen LogP contribution in [0.5, 0.6) is 0 Å². The first-order valence-electron chi connectivity index (χ1n) is 9.48. The van der Waals surface area contributed by atoms with Crippen molar-refractivity contribution in [2.24, 2.45) is 11.7 Å². The Kier molecular flexibility index (Phi) is 9.40. The molecular weight excluding hydrogens is 396 g/mol. The quantitative estimate of drug-likeness (QED) is 0.208. The zero-order chi connectivity index (χ0) is 23.0. The lowest BCUT2D eigenvalue weighted by molar-refractivity contribution is -0.144. The van der Waals surface area contributed by atoms with Crippen LogP contribution in [0, 0.1) is 5.92 Å². The lowest BCUT2D eigenvalue weighted by Crippen LogP contribution is -2.60. The molecule has 0 spiro atoms. The highest BCUT2D eigenvalue weighted by atomic mass is 16.4. The fourth-order valence-corrected chi connectivity index (χ4v) is 2.54. The van der Waals surface area contributed by atoms with E-state index in [0.717, 1.165) is 0 Å². The Morgan fingerprint density at radius 1 is 1.03 bits per heavy atom. The van der Waals surface area contributed by atoms with Gasteiger partial charge < -0.3 is 36.9 Å². The van der Waals surface area contributed by atoms with E-state index in [2.05, 4.69) is 25.9 Å². The van der Waals surface area contributed by atoms with Crippen molar-refractivity contribution in [2.75, 3.05) is 0 Å². The number of hydrogen-bond donors (Lipinski definition) is 7. The number of aromatic nitrogens is 2. The molecule has 0 radical (unpaired) electrons. The van der Waals surface area contributed by atoms with E-state index in [1.165, 1.54) is 26.4 Å². The number of aliphatic hydroxyl groups excluding tert-OH is 1. The number of carbonyl (C=O) groups excluding carboxylic acids is 3. The molecule has 12 nitrogen and oxygen atoms in total. The second-order valence-corrected chi connectivity index (χ2v) is 7.43. The Hall–Kier alpha value is -2.99. The second-order valence-electron chi connectivity index (χ2n) is 7.43. The SMILES string of the molecule is CC(N)C(=O)NC(Cc1cnc[nH]1)C(=O)NC(C(=O)NC(C(=O)O)C(C)C)C(C)O. The lowest BCUT2D eigenvalue weighted by atomic mass is 10.0. The minimum Gasteiger partial charge on any atom is -0.480 e. The number of aliphatic carboxylic acids is 1. The van der Waals surface area contributed by atoms with Crippen molar-refractivity contribution < 1.29 is 29.4 Å². The molecule has 0 aliphatic carbocycles. The highest BCUT2D eigenvalue weighted by Crippen LogP contribution is 2.05. The van der Waals surface area contributed by atoms with Crippen LogP contribution in [0.15, 0.2) is 12.5 Å². The molecule has 1 rings (SSSR count). The van der Waals surface area contributed by atoms with Crippen molar-refractivity contribution in [1.29, 1.82) is 0 Å². The van der Waals surface area contributed by atoms with Gasteiger partial charge in [-0.2, -0.15) is 0 Å². The van der Waals surface area contributed by atoms with E-state index in [4.69, 9.17) is 5.73 Å². The van der Waals surface area contributed by atoms with Crippen LogP contribution in [0.4, 0.5) is 0 Å². The van der Waals surface area contributed by atoms with E-state index < -0.39 is 59.9 Å². The number of carboxylic acid groups (broad SMARTS) is 1. The van der Waals surface area contributed by atoms with Gasteiger partial charge in [-0.25, -0.2) is 9.78 Å². The normalized spacial score (nSPS) is 16.1. The highest BCUT2D eigenvalue weighted by molar-refractivity contribution is 5.94. The third-order valence-corrected chi connectivity index (χ3v) is 4.32. The predicted octanol–water partition coefficient (Wildman–Crippen LogP) is -2.12. The summed E-state index contributed by atoms with van der Waals surface area (Å²) < 4.78 is 0. The number of aliphatic hydroxyl groups is 1. The van der Waals surface area contributed by atoms with Gasteiger partial charge in [-0.1, -0.05) is 13.8 Å². The molecule has 0 bridgehead atoms. The van der Waals surface area contributed by atoms with Crippen LogP contribution in [-0.4, -0.2) is 74.1 Å². The second kappa shape index (κ2) is 11.3. The Bertz CT molecular complexity index is 734. The predicted molar refractivity (Wildman–Crippen MR) is 106 cm³/mol. The van der Waals surface area contributed by atoms with Gasteiger partial charge in [0, 0.05) is 18.3 Å². The van der Waals surface area contributed by atoms with Gasteiger partial charge in [-0.3, -0.25) is 14.4 Å². The lowest BCUT2D eigenvalue weighted by Gasteiger charge is -2.27. The van der Waals surface area contributed by atoms with E-state index in [9.17, 15) is 29.4 Å². The van der Waals surface area contributed by atoms with E-state index >= 15 is 0 Å². The molecule has 168 valence electrons. The van der Waals surface area contributed by atoms with Crippen LogP contribution < -0.4 is 21.7 Å². The van der Waals surface area contributed by atoms with E-state index in [-0.39, 0.29) is 6.42 Å². The van der Waals surface area contributed by atoms with Gasteiger partial charge in [-0.05, 0) is 19.8 Å². The number of carbonyl (C=O) groups is 4. The molecule has 0 saturated heterocycles. The maximum Gasteiger partial charge on any atom is 0.326 e. The van der Waals surface area contributed by atoms with Crippen molar-refractivity contribution in [2.45, 2.75) is 64.4 Å². The Morgan fingerprint density at radius 2 is 1.63 bits per heavy atom. The average Bonchev–Trinajstić information content (AvgIpc) is 3.15. The topological polar surface area (TPSA) is 200 Å². The summed E-state index contributed by atoms with van der Waals surface area (Å²) in [6.45, 7) is 5.95. The summed E-state index contributed by atoms with van der Waals surface area (Å²) in [7, 11) is 0. The number of H-pyrrole nitrogens is 1. The van der Waals surface area contributed by atoms with Gasteiger partial charge in [-0.15, -0.1) is 0 Å². The highest BCUT2D eigenvalue weighted by Gasteiger charge is 2.33. The summed E-state index contributed by atoms with van der Waals surface area (Å²) in [5.41, 5.74) is 6.09. The fraction of sp³-hybridized carbons (Fsp3) is 0.611. The summed E-state index contributed by atoms with van der Waals surface area (Å²) in [6, 6.07) is -4.62. The molecule has 1 aromatic heterocycles. The molecule has 3 amide bonds. The fourth-order valence-electron chi connectivity index (χ4n) is 2.54. The molecule has 1 aromatic rings. The number of rotatable bonds is 11. The monoisotopic (exact) mass is 426 g/mol. The number of hydrogen-bond acceptors (Lipinski definition) is 7. The molecule has 12 heteroatoms. The Labute approximate surface area is 174 Å². The molecule has 0 aliphatic heterocycles. The molecule has 5 unspecified atom stereocenters. The molecule has 0 fully saturated rings. The summed E-state index contributed by atoms with van der Waals surface area (Å²) in [5.74, 6) is -3.86. The molecule has 30 heavy (non-hydrogen) atoms. The van der Waals surface area contributed by atoms with Crippen molar-refractivity contribution >= 4 is 23.7 Å². The van der Waals surface area contributed by atoms with Crippen LogP contribution in [0.2, 0.25) is 0 Å². The molecule has 0 saturated carbocycles. The number of nitrogens with one attached hydrogen (secondary N) is 4. The van der Waals surface area contributed by atoms with Gasteiger partial charge >= 0.3 is 5.97 Å². The number of nitrogens with zero attached hydrogens (tertiary/aromatic N) is 1. The van der Waals surface area contributed by atoms with Gasteiger partial charge in [0.05, 0.1) is 18.5 Å². The van der Waals surface area contributed by atoms with Gasteiger partial charge in [0.15, 0.2) is 0 Å². The molecular formula is C18H30N6O6. The smallest absolute Gasteiger partial charge is 0.326 e. The molecule has 1 heterocycles. The zero-order valence-electron chi connectivity index (χ0n) is 17.4. The summed E-state index contributed by atoms with van der Waals surface area (Å²) >= 11 is 0. The molecule has 8 N–H and O–H groups in total. The minimum atomic E-state index is -1.44. The van der Waals surface area contributed by atoms with Gasteiger partial charge in [0.1, 0.15) is 18.1 Å². The molecule has 0 aliphatic rings. The third-order valence-electron chi connectivity index (χ3n) is 4.32. The summed E-state index contributed by atoms with van der Waals surface area (Å²) in [4.78, 5) is 55.3.